The van der Waals surface area contributed by atoms with Crippen molar-refractivity contribution in [2.75, 3.05) is 6.61 Å². The molecular weight excluding hydrogens is 355 g/mol. The van der Waals surface area contributed by atoms with E-state index in [2.05, 4.69) is 4.74 Å². The van der Waals surface area contributed by atoms with Crippen LogP contribution < -0.4 is 34.7 Å². The minimum atomic E-state index is -1.48. The molecule has 2 atom stereocenters. The summed E-state index contributed by atoms with van der Waals surface area (Å²) in [5.41, 5.74) is 1.55. The number of aliphatic hydroxyl groups excluding tert-OH is 3. The second kappa shape index (κ2) is 9.11. The number of cyclic esters (lactones) is 1. The Hall–Kier alpha value is -1.97. The first-order valence-electron chi connectivity index (χ1n) is 7.24. The molecule has 0 saturated heterocycles. The summed E-state index contributed by atoms with van der Waals surface area (Å²) < 4.78 is 4.25. The van der Waals surface area contributed by atoms with Crippen LogP contribution in [-0.2, 0) is 9.53 Å². The Morgan fingerprint density at radius 1 is 1.19 bits per heavy atom. The van der Waals surface area contributed by atoms with Crippen LogP contribution in [0.15, 0.2) is 47.4 Å². The molecule has 0 amide bonds. The van der Waals surface area contributed by atoms with E-state index in [1.807, 2.05) is 0 Å². The number of hydrogen-bond acceptors (Lipinski definition) is 8. The Labute approximate surface area is 170 Å². The van der Waals surface area contributed by atoms with Gasteiger partial charge in [0.15, 0.2) is 17.3 Å². The molecule has 1 aliphatic carbocycles. The number of carbonyl (C=O) groups is 3. The molecule has 0 aromatic heterocycles. The molecule has 3 N–H and O–H groups in total. The maximum atomic E-state index is 11.5. The van der Waals surface area contributed by atoms with Gasteiger partial charge in [0, 0.05) is 16.7 Å². The smallest absolute Gasteiger partial charge is 0.870 e. The molecule has 0 spiro atoms. The Morgan fingerprint density at radius 3 is 2.27 bits per heavy atom. The quantitative estimate of drug-likeness (QED) is 0.358. The van der Waals surface area contributed by atoms with Gasteiger partial charge in [-0.3, -0.25) is 9.59 Å². The number of esters is 1. The molecule has 1 aliphatic heterocycles. The summed E-state index contributed by atoms with van der Waals surface area (Å²) in [7, 11) is 0. The fraction of sp³-hybridized carbons (Fsp3) is 0.235. The van der Waals surface area contributed by atoms with E-state index in [1.165, 1.54) is 6.08 Å². The van der Waals surface area contributed by atoms with Crippen molar-refractivity contribution in [2.24, 2.45) is 0 Å². The molecular formula is C17H15NaO8. The molecule has 0 bridgehead atoms. The number of allylic oxidation sites excluding steroid dienone is 2. The number of benzene rings is 1. The van der Waals surface area contributed by atoms with Gasteiger partial charge in [-0.05, 0) is 18.8 Å². The van der Waals surface area contributed by atoms with E-state index in [1.54, 1.807) is 31.2 Å². The van der Waals surface area contributed by atoms with Crippen LogP contribution in [0.25, 0.3) is 0 Å². The molecule has 3 rings (SSSR count). The molecule has 8 nitrogen and oxygen atoms in total. The molecule has 0 radical (unpaired) electrons. The monoisotopic (exact) mass is 370 g/mol. The van der Waals surface area contributed by atoms with Gasteiger partial charge in [0.25, 0.3) is 0 Å². The third-order valence-corrected chi connectivity index (χ3v) is 3.60. The summed E-state index contributed by atoms with van der Waals surface area (Å²) >= 11 is 0. The summed E-state index contributed by atoms with van der Waals surface area (Å²) in [5, 5.41) is 36.8. The zero-order chi connectivity index (χ0) is 18.7. The number of aliphatic hydroxyl groups is 3. The van der Waals surface area contributed by atoms with E-state index in [-0.39, 0.29) is 41.1 Å². The number of carbonyl (C=O) groups excluding carboxylic acids is 3. The number of ether oxygens (including phenoxy) is 1. The topological polar surface area (TPSA) is 144 Å². The van der Waals surface area contributed by atoms with Crippen molar-refractivity contribution in [3.8, 4) is 0 Å². The van der Waals surface area contributed by atoms with Gasteiger partial charge in [-0.2, -0.15) is 0 Å². The van der Waals surface area contributed by atoms with Gasteiger partial charge >= 0.3 is 35.5 Å². The first-order valence-corrected chi connectivity index (χ1v) is 7.24. The zero-order valence-corrected chi connectivity index (χ0v) is 16.1. The van der Waals surface area contributed by atoms with Crippen LogP contribution in [-0.4, -0.2) is 51.7 Å². The van der Waals surface area contributed by atoms with Gasteiger partial charge in [-0.15, -0.1) is 0 Å². The second-order valence-electron chi connectivity index (χ2n) is 5.35. The predicted molar refractivity (Wildman–Crippen MR) is 81.5 cm³/mol. The number of fused-ring (bicyclic) bond motifs is 1. The number of ketones is 2. The first kappa shape index (κ1) is 22.1. The minimum absolute atomic E-state index is 0. The van der Waals surface area contributed by atoms with Crippen LogP contribution >= 0.6 is 0 Å². The summed E-state index contributed by atoms with van der Waals surface area (Å²) in [4.78, 5) is 33.4. The van der Waals surface area contributed by atoms with Crippen molar-refractivity contribution in [1.82, 2.24) is 0 Å². The van der Waals surface area contributed by atoms with E-state index in [0.717, 1.165) is 0 Å². The molecule has 0 unspecified atom stereocenters. The predicted octanol–water partition coefficient (Wildman–Crippen LogP) is -3.59. The number of rotatable bonds is 2. The number of Topliss-reactive ketones (excluding diaryl/α,β-unsaturated/α-hetero) is 1. The molecule has 1 heterocycles. The SMILES string of the molecule is CC1=CC(=O)c2ccccc2C1=O.O=C1O[C@H]([C@@H](O)CO)C([O-])=C1O.[Na+]. The first-order chi connectivity index (χ1) is 11.8. The van der Waals surface area contributed by atoms with E-state index < -0.39 is 36.3 Å². The van der Waals surface area contributed by atoms with E-state index >= 15 is 0 Å². The average molecular weight is 370 g/mol. The van der Waals surface area contributed by atoms with Gasteiger partial charge in [0.1, 0.15) is 12.2 Å². The molecule has 1 aromatic carbocycles. The van der Waals surface area contributed by atoms with Crippen LogP contribution in [0.2, 0.25) is 0 Å². The van der Waals surface area contributed by atoms with Crippen molar-refractivity contribution in [1.29, 1.82) is 0 Å². The third kappa shape index (κ3) is 4.40. The molecule has 2 aliphatic rings. The summed E-state index contributed by atoms with van der Waals surface area (Å²) in [6, 6.07) is 6.89. The second-order valence-corrected chi connectivity index (χ2v) is 5.35. The van der Waals surface area contributed by atoms with Crippen LogP contribution in [0.3, 0.4) is 0 Å². The van der Waals surface area contributed by atoms with Crippen molar-refractivity contribution >= 4 is 17.5 Å². The van der Waals surface area contributed by atoms with Crippen molar-refractivity contribution < 1.29 is 69.1 Å². The van der Waals surface area contributed by atoms with Gasteiger partial charge in [-0.1, -0.05) is 24.3 Å². The average Bonchev–Trinajstić information content (AvgIpc) is 2.87. The Morgan fingerprint density at radius 2 is 1.77 bits per heavy atom. The molecule has 1 aromatic rings. The molecule has 9 heteroatoms. The summed E-state index contributed by atoms with van der Waals surface area (Å²) in [6.07, 6.45) is -1.56. The van der Waals surface area contributed by atoms with Crippen molar-refractivity contribution in [2.45, 2.75) is 19.1 Å². The molecule has 26 heavy (non-hydrogen) atoms. The van der Waals surface area contributed by atoms with Gasteiger partial charge < -0.3 is 25.2 Å². The number of hydrogen-bond donors (Lipinski definition) is 3. The van der Waals surface area contributed by atoms with Gasteiger partial charge in [0.05, 0.1) is 6.61 Å². The third-order valence-electron chi connectivity index (χ3n) is 3.60. The fourth-order valence-corrected chi connectivity index (χ4v) is 2.26. The summed E-state index contributed by atoms with van der Waals surface area (Å²) in [6.45, 7) is 0.952. The van der Waals surface area contributed by atoms with Crippen molar-refractivity contribution in [3.05, 3.63) is 58.6 Å². The Bertz CT molecular complexity index is 796. The van der Waals surface area contributed by atoms with Crippen molar-refractivity contribution in [3.63, 3.8) is 0 Å². The van der Waals surface area contributed by atoms with E-state index in [9.17, 15) is 19.5 Å². The maximum Gasteiger partial charge on any atom is 1.00 e. The van der Waals surface area contributed by atoms with Gasteiger partial charge in [0.2, 0.25) is 0 Å². The van der Waals surface area contributed by atoms with Crippen LogP contribution in [0, 0.1) is 0 Å². The fourth-order valence-electron chi connectivity index (χ4n) is 2.26. The minimum Gasteiger partial charge on any atom is -0.870 e. The molecule has 132 valence electrons. The van der Waals surface area contributed by atoms with Crippen LogP contribution in [0.5, 0.6) is 0 Å². The Balaban J connectivity index is 0.000000251. The normalized spacial score (nSPS) is 19.6. The molecule has 0 saturated carbocycles. The Kier molecular flexibility index (Phi) is 7.73. The van der Waals surface area contributed by atoms with Crippen LogP contribution in [0.4, 0.5) is 0 Å². The summed E-state index contributed by atoms with van der Waals surface area (Å²) in [5.74, 6) is -3.32. The molecule has 0 fully saturated rings. The van der Waals surface area contributed by atoms with E-state index in [4.69, 9.17) is 15.3 Å². The largest absolute Gasteiger partial charge is 1.00 e. The van der Waals surface area contributed by atoms with Gasteiger partial charge in [-0.25, -0.2) is 4.79 Å². The standard InChI is InChI=1S/C11H8O2.C6H8O6.Na/c1-7-6-10(12)8-4-2-3-5-9(8)11(7)13;7-1-2(8)5-3(9)4(10)6(11)12-5;/h2-6H,1H3;2,5,7-10H,1H2;/q;;+1/p-1/t;2-,5+;/m.0./s1. The zero-order valence-electron chi connectivity index (χ0n) is 14.1. The van der Waals surface area contributed by atoms with E-state index in [0.29, 0.717) is 16.7 Å². The van der Waals surface area contributed by atoms with Crippen LogP contribution in [0.1, 0.15) is 27.6 Å². The maximum absolute atomic E-state index is 11.5.